The minimum Gasteiger partial charge on any atom is -0.325 e. The van der Waals surface area contributed by atoms with E-state index >= 15 is 0 Å². The molecule has 1 aromatic rings. The van der Waals surface area contributed by atoms with Crippen LogP contribution in [0.1, 0.15) is 19.4 Å². The van der Waals surface area contributed by atoms with Crippen molar-refractivity contribution < 1.29 is 4.79 Å². The van der Waals surface area contributed by atoms with Gasteiger partial charge in [-0.1, -0.05) is 13.0 Å². The van der Waals surface area contributed by atoms with Crippen LogP contribution in [0.4, 0.5) is 5.69 Å². The Kier molecular flexibility index (Phi) is 5.05. The Morgan fingerprint density at radius 3 is 3.10 bits per heavy atom. The van der Waals surface area contributed by atoms with Crippen LogP contribution in [0, 0.1) is 11.3 Å². The Bertz CT molecular complexity index is 526. The van der Waals surface area contributed by atoms with Crippen LogP contribution in [0.15, 0.2) is 24.3 Å². The average Bonchev–Trinajstić information content (AvgIpc) is 2.46. The van der Waals surface area contributed by atoms with Gasteiger partial charge in [-0.25, -0.2) is 0 Å². The summed E-state index contributed by atoms with van der Waals surface area (Å²) < 4.78 is 0. The van der Waals surface area contributed by atoms with Gasteiger partial charge >= 0.3 is 0 Å². The number of carbonyl (C=O) groups is 1. The van der Waals surface area contributed by atoms with E-state index in [1.807, 2.05) is 18.7 Å². The summed E-state index contributed by atoms with van der Waals surface area (Å²) in [5, 5.41) is 12.3. The van der Waals surface area contributed by atoms with E-state index in [1.54, 1.807) is 24.3 Å². The first-order chi connectivity index (χ1) is 9.60. The van der Waals surface area contributed by atoms with Crippen LogP contribution in [0.3, 0.4) is 0 Å². The van der Waals surface area contributed by atoms with Crippen LogP contribution in [-0.2, 0) is 4.79 Å². The zero-order chi connectivity index (χ0) is 14.5. The van der Waals surface area contributed by atoms with Crippen molar-refractivity contribution >= 4 is 23.4 Å². The summed E-state index contributed by atoms with van der Waals surface area (Å²) in [5.74, 6) is 1.06. The number of anilines is 1. The monoisotopic (exact) mass is 289 g/mol. The van der Waals surface area contributed by atoms with Gasteiger partial charge in [-0.2, -0.15) is 17.0 Å². The molecular formula is C15H19N3OS. The van der Waals surface area contributed by atoms with Crippen molar-refractivity contribution in [2.24, 2.45) is 0 Å². The number of benzene rings is 1. The predicted molar refractivity (Wildman–Crippen MR) is 82.7 cm³/mol. The SMILES string of the molecule is CC1CN(C(C)C(=O)Nc2cccc(C#N)c2)CCS1. The standard InChI is InChI=1S/C15H19N3OS/c1-11-10-18(6-7-20-11)12(2)15(19)17-14-5-3-4-13(8-14)9-16/h3-5,8,11-12H,6-7,10H2,1-2H3,(H,17,19). The van der Waals surface area contributed by atoms with Crippen LogP contribution >= 0.6 is 11.8 Å². The highest BCUT2D eigenvalue weighted by Crippen LogP contribution is 2.20. The number of rotatable bonds is 3. The first-order valence-electron chi connectivity index (χ1n) is 6.77. The maximum atomic E-state index is 12.3. The quantitative estimate of drug-likeness (QED) is 0.928. The van der Waals surface area contributed by atoms with E-state index < -0.39 is 0 Å². The first-order valence-corrected chi connectivity index (χ1v) is 7.81. The summed E-state index contributed by atoms with van der Waals surface area (Å²) in [6.07, 6.45) is 0. The third-order valence-electron chi connectivity index (χ3n) is 3.46. The van der Waals surface area contributed by atoms with Crippen LogP contribution in [0.25, 0.3) is 0 Å². The molecule has 1 aromatic carbocycles. The number of carbonyl (C=O) groups excluding carboxylic acids is 1. The van der Waals surface area contributed by atoms with Crippen LogP contribution in [-0.4, -0.2) is 40.9 Å². The second kappa shape index (κ2) is 6.78. The largest absolute Gasteiger partial charge is 0.325 e. The number of nitriles is 1. The molecule has 0 saturated carbocycles. The third kappa shape index (κ3) is 3.75. The topological polar surface area (TPSA) is 56.1 Å². The van der Waals surface area contributed by atoms with E-state index in [9.17, 15) is 4.79 Å². The lowest BCUT2D eigenvalue weighted by molar-refractivity contribution is -0.120. The Balaban J connectivity index is 1.98. The van der Waals surface area contributed by atoms with E-state index in [0.29, 0.717) is 16.5 Å². The van der Waals surface area contributed by atoms with Crippen LogP contribution in [0.5, 0.6) is 0 Å². The summed E-state index contributed by atoms with van der Waals surface area (Å²) in [6, 6.07) is 8.93. The molecule has 2 atom stereocenters. The third-order valence-corrected chi connectivity index (χ3v) is 4.60. The van der Waals surface area contributed by atoms with E-state index in [1.165, 1.54) is 0 Å². The van der Waals surface area contributed by atoms with Gasteiger partial charge in [0.2, 0.25) is 5.91 Å². The van der Waals surface area contributed by atoms with Gasteiger partial charge in [-0.05, 0) is 25.1 Å². The van der Waals surface area contributed by atoms with Gasteiger partial charge in [-0.3, -0.25) is 9.69 Å². The van der Waals surface area contributed by atoms with Gasteiger partial charge in [0.15, 0.2) is 0 Å². The van der Waals surface area contributed by atoms with Crippen molar-refractivity contribution in [2.45, 2.75) is 25.1 Å². The summed E-state index contributed by atoms with van der Waals surface area (Å²) in [4.78, 5) is 14.5. The fourth-order valence-electron chi connectivity index (χ4n) is 2.28. The molecule has 1 amide bonds. The molecule has 1 fully saturated rings. The molecule has 0 aliphatic carbocycles. The zero-order valence-electron chi connectivity index (χ0n) is 11.8. The second-order valence-electron chi connectivity index (χ2n) is 5.03. The summed E-state index contributed by atoms with van der Waals surface area (Å²) in [6.45, 7) is 6.02. The molecule has 1 saturated heterocycles. The molecule has 5 heteroatoms. The van der Waals surface area contributed by atoms with Crippen molar-refractivity contribution in [1.82, 2.24) is 4.90 Å². The Hall–Kier alpha value is -1.51. The lowest BCUT2D eigenvalue weighted by Crippen LogP contribution is -2.47. The number of nitrogens with one attached hydrogen (secondary N) is 1. The highest BCUT2D eigenvalue weighted by Gasteiger charge is 2.25. The fourth-order valence-corrected chi connectivity index (χ4v) is 3.32. The zero-order valence-corrected chi connectivity index (χ0v) is 12.6. The number of nitrogens with zero attached hydrogens (tertiary/aromatic N) is 2. The lowest BCUT2D eigenvalue weighted by atomic mass is 10.2. The van der Waals surface area contributed by atoms with Crippen LogP contribution < -0.4 is 5.32 Å². The summed E-state index contributed by atoms with van der Waals surface area (Å²) in [5.41, 5.74) is 1.23. The molecule has 1 aliphatic heterocycles. The average molecular weight is 289 g/mol. The lowest BCUT2D eigenvalue weighted by Gasteiger charge is -2.34. The number of thioether (sulfide) groups is 1. The Morgan fingerprint density at radius 2 is 2.40 bits per heavy atom. The van der Waals surface area contributed by atoms with Gasteiger partial charge in [0.05, 0.1) is 17.7 Å². The molecule has 1 heterocycles. The van der Waals surface area contributed by atoms with Gasteiger partial charge < -0.3 is 5.32 Å². The molecule has 2 rings (SSSR count). The minimum atomic E-state index is -0.149. The van der Waals surface area contributed by atoms with Crippen LogP contribution in [0.2, 0.25) is 0 Å². The summed E-state index contributed by atoms with van der Waals surface area (Å²) in [7, 11) is 0. The molecule has 20 heavy (non-hydrogen) atoms. The normalized spacial score (nSPS) is 20.9. The molecule has 0 spiro atoms. The Morgan fingerprint density at radius 1 is 1.60 bits per heavy atom. The molecule has 0 radical (unpaired) electrons. The van der Waals surface area contributed by atoms with Crippen molar-refractivity contribution in [3.05, 3.63) is 29.8 Å². The molecule has 106 valence electrons. The van der Waals surface area contributed by atoms with E-state index in [0.717, 1.165) is 18.8 Å². The first kappa shape index (κ1) is 14.9. The fraction of sp³-hybridized carbons (Fsp3) is 0.467. The van der Waals surface area contributed by atoms with Crippen molar-refractivity contribution in [1.29, 1.82) is 5.26 Å². The van der Waals surface area contributed by atoms with Crippen molar-refractivity contribution in [3.63, 3.8) is 0 Å². The molecule has 2 unspecified atom stereocenters. The number of hydrogen-bond donors (Lipinski definition) is 1. The molecular weight excluding hydrogens is 270 g/mol. The maximum absolute atomic E-state index is 12.3. The Labute approximate surface area is 124 Å². The van der Waals surface area contributed by atoms with E-state index in [4.69, 9.17) is 5.26 Å². The minimum absolute atomic E-state index is 0.0146. The van der Waals surface area contributed by atoms with Crippen molar-refractivity contribution in [3.8, 4) is 6.07 Å². The van der Waals surface area contributed by atoms with Gasteiger partial charge in [-0.15, -0.1) is 0 Å². The molecule has 1 aliphatic rings. The van der Waals surface area contributed by atoms with E-state index in [2.05, 4.69) is 23.2 Å². The van der Waals surface area contributed by atoms with Gasteiger partial charge in [0.1, 0.15) is 0 Å². The van der Waals surface area contributed by atoms with Gasteiger partial charge in [0, 0.05) is 29.8 Å². The number of amides is 1. The molecule has 4 nitrogen and oxygen atoms in total. The highest BCUT2D eigenvalue weighted by atomic mass is 32.2. The van der Waals surface area contributed by atoms with Gasteiger partial charge in [0.25, 0.3) is 0 Å². The highest BCUT2D eigenvalue weighted by molar-refractivity contribution is 7.99. The van der Waals surface area contributed by atoms with Crippen molar-refractivity contribution in [2.75, 3.05) is 24.2 Å². The second-order valence-corrected chi connectivity index (χ2v) is 6.58. The smallest absolute Gasteiger partial charge is 0.241 e. The number of hydrogen-bond acceptors (Lipinski definition) is 4. The summed E-state index contributed by atoms with van der Waals surface area (Å²) >= 11 is 1.95. The van der Waals surface area contributed by atoms with E-state index in [-0.39, 0.29) is 11.9 Å². The predicted octanol–water partition coefficient (Wildman–Crippen LogP) is 2.32. The molecule has 0 aromatic heterocycles. The maximum Gasteiger partial charge on any atom is 0.241 e. The molecule has 1 N–H and O–H groups in total. The molecule has 0 bridgehead atoms.